The third-order valence-electron chi connectivity index (χ3n) is 4.82. The first-order valence-corrected chi connectivity index (χ1v) is 7.13. The van der Waals surface area contributed by atoms with Crippen LogP contribution < -0.4 is 0 Å². The van der Waals surface area contributed by atoms with Crippen LogP contribution in [0.5, 0.6) is 0 Å². The minimum Gasteiger partial charge on any atom is -0.469 e. The van der Waals surface area contributed by atoms with Gasteiger partial charge in [0.25, 0.3) is 0 Å². The number of benzene rings is 1. The summed E-state index contributed by atoms with van der Waals surface area (Å²) in [6.45, 7) is 3.45. The van der Waals surface area contributed by atoms with E-state index in [1.54, 1.807) is 0 Å². The molecule has 4 nitrogen and oxygen atoms in total. The molecule has 1 aliphatic heterocycles. The monoisotopic (exact) mass is 275 g/mol. The van der Waals surface area contributed by atoms with E-state index in [4.69, 9.17) is 4.74 Å². The molecular formula is C16H21NO3. The fraction of sp³-hybridized carbons (Fsp3) is 0.562. The molecule has 2 aliphatic rings. The third kappa shape index (κ3) is 2.03. The smallest absolute Gasteiger partial charge is 0.312 e. The number of ether oxygens (including phenoxy) is 1. The molecule has 0 saturated carbocycles. The van der Waals surface area contributed by atoms with Crippen molar-refractivity contribution in [2.45, 2.75) is 31.9 Å². The van der Waals surface area contributed by atoms with Gasteiger partial charge in [0.2, 0.25) is 0 Å². The van der Waals surface area contributed by atoms with Gasteiger partial charge in [-0.15, -0.1) is 0 Å². The first kappa shape index (κ1) is 13.6. The SMILES string of the molecule is COC(=O)C1(C)CCN(C2Cc3ccccc3C2O)C1. The van der Waals surface area contributed by atoms with Crippen molar-refractivity contribution in [3.63, 3.8) is 0 Å². The van der Waals surface area contributed by atoms with Gasteiger partial charge in [-0.2, -0.15) is 0 Å². The maximum Gasteiger partial charge on any atom is 0.312 e. The zero-order chi connectivity index (χ0) is 14.3. The number of aliphatic hydroxyl groups is 1. The van der Waals surface area contributed by atoms with Crippen molar-refractivity contribution < 1.29 is 14.6 Å². The van der Waals surface area contributed by atoms with Gasteiger partial charge in [-0.05, 0) is 37.4 Å². The summed E-state index contributed by atoms with van der Waals surface area (Å²) < 4.78 is 4.91. The van der Waals surface area contributed by atoms with Crippen LogP contribution in [-0.2, 0) is 16.0 Å². The molecule has 1 fully saturated rings. The summed E-state index contributed by atoms with van der Waals surface area (Å²) in [5.41, 5.74) is 1.81. The molecule has 4 heteroatoms. The van der Waals surface area contributed by atoms with Gasteiger partial charge in [0.05, 0.1) is 18.6 Å². The number of methoxy groups -OCH3 is 1. The summed E-state index contributed by atoms with van der Waals surface area (Å²) in [7, 11) is 1.44. The fourth-order valence-corrected chi connectivity index (χ4v) is 3.57. The molecule has 3 atom stereocenters. The van der Waals surface area contributed by atoms with Crippen LogP contribution in [-0.4, -0.2) is 42.2 Å². The Morgan fingerprint density at radius 2 is 2.20 bits per heavy atom. The predicted molar refractivity (Wildman–Crippen MR) is 75.2 cm³/mol. The summed E-state index contributed by atoms with van der Waals surface area (Å²) in [5.74, 6) is -0.148. The molecule has 1 heterocycles. The van der Waals surface area contributed by atoms with Gasteiger partial charge < -0.3 is 9.84 Å². The van der Waals surface area contributed by atoms with E-state index in [0.717, 1.165) is 24.9 Å². The molecule has 20 heavy (non-hydrogen) atoms. The number of rotatable bonds is 2. The summed E-state index contributed by atoms with van der Waals surface area (Å²) >= 11 is 0. The second kappa shape index (κ2) is 4.86. The maximum absolute atomic E-state index is 11.9. The topological polar surface area (TPSA) is 49.8 Å². The van der Waals surface area contributed by atoms with Crippen molar-refractivity contribution >= 4 is 5.97 Å². The Kier molecular flexibility index (Phi) is 3.30. The lowest BCUT2D eigenvalue weighted by Crippen LogP contribution is -2.40. The first-order chi connectivity index (χ1) is 9.55. The summed E-state index contributed by atoms with van der Waals surface area (Å²) in [5, 5.41) is 10.5. The molecule has 1 aromatic rings. The number of hydrogen-bond acceptors (Lipinski definition) is 4. The largest absolute Gasteiger partial charge is 0.469 e. The molecule has 1 N–H and O–H groups in total. The lowest BCUT2D eigenvalue weighted by Gasteiger charge is -2.28. The van der Waals surface area contributed by atoms with Crippen LogP contribution in [0.4, 0.5) is 0 Å². The highest BCUT2D eigenvalue weighted by Gasteiger charge is 2.46. The minimum atomic E-state index is -0.453. The highest BCUT2D eigenvalue weighted by atomic mass is 16.5. The molecule has 3 rings (SSSR count). The summed E-state index contributed by atoms with van der Waals surface area (Å²) in [6.07, 6.45) is 1.19. The Balaban J connectivity index is 1.76. The third-order valence-corrected chi connectivity index (χ3v) is 4.82. The van der Waals surface area contributed by atoms with E-state index in [2.05, 4.69) is 11.0 Å². The normalized spacial score (nSPS) is 33.1. The number of hydrogen-bond donors (Lipinski definition) is 1. The summed E-state index contributed by atoms with van der Waals surface area (Å²) in [6, 6.07) is 8.13. The highest BCUT2D eigenvalue weighted by Crippen LogP contribution is 2.39. The Morgan fingerprint density at radius 1 is 1.45 bits per heavy atom. The van der Waals surface area contributed by atoms with Crippen molar-refractivity contribution in [1.82, 2.24) is 4.90 Å². The van der Waals surface area contributed by atoms with Gasteiger partial charge in [0.1, 0.15) is 0 Å². The zero-order valence-electron chi connectivity index (χ0n) is 12.0. The van der Waals surface area contributed by atoms with Crippen LogP contribution in [0.15, 0.2) is 24.3 Å². The van der Waals surface area contributed by atoms with Crippen LogP contribution in [0.25, 0.3) is 0 Å². The molecule has 1 saturated heterocycles. The quantitative estimate of drug-likeness (QED) is 0.832. The Bertz CT molecular complexity index is 530. The lowest BCUT2D eigenvalue weighted by atomic mass is 9.90. The van der Waals surface area contributed by atoms with Crippen LogP contribution >= 0.6 is 0 Å². The lowest BCUT2D eigenvalue weighted by molar-refractivity contribution is -0.151. The summed E-state index contributed by atoms with van der Waals surface area (Å²) in [4.78, 5) is 14.1. The Hall–Kier alpha value is -1.39. The molecular weight excluding hydrogens is 254 g/mol. The predicted octanol–water partition coefficient (Wildman–Crippen LogP) is 1.53. The molecule has 1 aromatic carbocycles. The second-order valence-corrected chi connectivity index (χ2v) is 6.19. The van der Waals surface area contributed by atoms with Gasteiger partial charge >= 0.3 is 5.97 Å². The zero-order valence-corrected chi connectivity index (χ0v) is 12.0. The van der Waals surface area contributed by atoms with E-state index in [-0.39, 0.29) is 12.0 Å². The number of aliphatic hydroxyl groups excluding tert-OH is 1. The molecule has 0 spiro atoms. The maximum atomic E-state index is 11.9. The highest BCUT2D eigenvalue weighted by molar-refractivity contribution is 5.77. The van der Waals surface area contributed by atoms with Crippen molar-refractivity contribution in [3.8, 4) is 0 Å². The number of carbonyl (C=O) groups excluding carboxylic acids is 1. The van der Waals surface area contributed by atoms with E-state index in [9.17, 15) is 9.90 Å². The van der Waals surface area contributed by atoms with Crippen molar-refractivity contribution in [3.05, 3.63) is 35.4 Å². The average molecular weight is 275 g/mol. The number of carbonyl (C=O) groups is 1. The Morgan fingerprint density at radius 3 is 2.90 bits per heavy atom. The van der Waals surface area contributed by atoms with Crippen LogP contribution in [0.1, 0.15) is 30.6 Å². The van der Waals surface area contributed by atoms with Crippen molar-refractivity contribution in [1.29, 1.82) is 0 Å². The molecule has 3 unspecified atom stereocenters. The molecule has 108 valence electrons. The molecule has 0 bridgehead atoms. The number of fused-ring (bicyclic) bond motifs is 1. The van der Waals surface area contributed by atoms with E-state index in [0.29, 0.717) is 6.54 Å². The van der Waals surface area contributed by atoms with E-state index >= 15 is 0 Å². The van der Waals surface area contributed by atoms with Gasteiger partial charge in [-0.3, -0.25) is 9.69 Å². The van der Waals surface area contributed by atoms with Crippen LogP contribution in [0.3, 0.4) is 0 Å². The Labute approximate surface area is 119 Å². The van der Waals surface area contributed by atoms with Gasteiger partial charge in [0.15, 0.2) is 0 Å². The molecule has 0 aromatic heterocycles. The number of esters is 1. The number of nitrogens with zero attached hydrogens (tertiary/aromatic N) is 1. The van der Waals surface area contributed by atoms with Gasteiger partial charge in [-0.1, -0.05) is 24.3 Å². The second-order valence-electron chi connectivity index (χ2n) is 6.19. The van der Waals surface area contributed by atoms with Crippen LogP contribution in [0, 0.1) is 5.41 Å². The molecule has 0 radical (unpaired) electrons. The standard InChI is InChI=1S/C16H21NO3/c1-16(15(19)20-2)7-8-17(10-16)13-9-11-5-3-4-6-12(11)14(13)18/h3-6,13-14,18H,7-10H2,1-2H3. The average Bonchev–Trinajstić information content (AvgIpc) is 3.01. The molecule has 1 aliphatic carbocycles. The van der Waals surface area contributed by atoms with Gasteiger partial charge in [-0.25, -0.2) is 0 Å². The van der Waals surface area contributed by atoms with E-state index in [1.807, 2.05) is 25.1 Å². The van der Waals surface area contributed by atoms with Crippen molar-refractivity contribution in [2.75, 3.05) is 20.2 Å². The van der Waals surface area contributed by atoms with Crippen molar-refractivity contribution in [2.24, 2.45) is 5.41 Å². The molecule has 0 amide bonds. The van der Waals surface area contributed by atoms with Crippen LogP contribution in [0.2, 0.25) is 0 Å². The van der Waals surface area contributed by atoms with E-state index in [1.165, 1.54) is 12.7 Å². The first-order valence-electron chi connectivity index (χ1n) is 7.13. The van der Waals surface area contributed by atoms with E-state index < -0.39 is 11.5 Å². The minimum absolute atomic E-state index is 0.0823. The number of likely N-dealkylation sites (tertiary alicyclic amines) is 1. The fourth-order valence-electron chi connectivity index (χ4n) is 3.57. The van der Waals surface area contributed by atoms with Gasteiger partial charge in [0, 0.05) is 12.6 Å².